The number of benzene rings is 2. The highest BCUT2D eigenvalue weighted by atomic mass is 35.5. The standard InChI is InChI=1S/C16H11ClN2O4/c1-23-10-4-2-3-9(5-10)6-12-11-7-15(19(21)22)13(17)8-14(11)18-16(12)20/h2-8H,1H3,(H,18,20)/b12-6+. The Labute approximate surface area is 136 Å². The molecule has 7 heteroatoms. The maximum Gasteiger partial charge on any atom is 0.288 e. The van der Waals surface area contributed by atoms with Crippen molar-refractivity contribution in [1.82, 2.24) is 0 Å². The summed E-state index contributed by atoms with van der Waals surface area (Å²) >= 11 is 5.87. The zero-order valence-electron chi connectivity index (χ0n) is 12.0. The van der Waals surface area contributed by atoms with Gasteiger partial charge in [-0.05, 0) is 29.8 Å². The van der Waals surface area contributed by atoms with Crippen LogP contribution in [-0.4, -0.2) is 17.9 Å². The van der Waals surface area contributed by atoms with Crippen LogP contribution in [0, 0.1) is 10.1 Å². The number of carbonyl (C=O) groups excluding carboxylic acids is 1. The first-order valence-electron chi connectivity index (χ1n) is 6.65. The molecule has 1 heterocycles. The van der Waals surface area contributed by atoms with Crippen molar-refractivity contribution in [2.45, 2.75) is 0 Å². The molecule has 116 valence electrons. The van der Waals surface area contributed by atoms with Gasteiger partial charge in [-0.15, -0.1) is 0 Å². The lowest BCUT2D eigenvalue weighted by Crippen LogP contribution is -2.03. The summed E-state index contributed by atoms with van der Waals surface area (Å²) in [6.07, 6.45) is 1.65. The molecule has 0 aromatic heterocycles. The number of halogens is 1. The van der Waals surface area contributed by atoms with Gasteiger partial charge in [-0.3, -0.25) is 14.9 Å². The SMILES string of the molecule is COc1cccc(/C=C2/C(=O)Nc3cc(Cl)c([N+](=O)[O-])cc32)c1. The number of hydrogen-bond acceptors (Lipinski definition) is 4. The third-order valence-electron chi connectivity index (χ3n) is 3.47. The fourth-order valence-electron chi connectivity index (χ4n) is 2.38. The highest BCUT2D eigenvalue weighted by Crippen LogP contribution is 2.39. The van der Waals surface area contributed by atoms with Gasteiger partial charge < -0.3 is 10.1 Å². The van der Waals surface area contributed by atoms with E-state index in [1.54, 1.807) is 31.4 Å². The van der Waals surface area contributed by atoms with Crippen LogP contribution < -0.4 is 10.1 Å². The zero-order valence-corrected chi connectivity index (χ0v) is 12.8. The van der Waals surface area contributed by atoms with Crippen LogP contribution in [0.3, 0.4) is 0 Å². The molecule has 3 rings (SSSR count). The minimum absolute atomic E-state index is 0.0170. The number of amides is 1. The Hall–Kier alpha value is -2.86. The van der Waals surface area contributed by atoms with Gasteiger partial charge in [0.2, 0.25) is 0 Å². The second kappa shape index (κ2) is 5.73. The van der Waals surface area contributed by atoms with Crippen molar-refractivity contribution in [2.24, 2.45) is 0 Å². The highest BCUT2D eigenvalue weighted by Gasteiger charge is 2.28. The van der Waals surface area contributed by atoms with Gasteiger partial charge in [-0.1, -0.05) is 23.7 Å². The molecule has 2 aromatic rings. The summed E-state index contributed by atoms with van der Waals surface area (Å²) in [5.74, 6) is 0.319. The summed E-state index contributed by atoms with van der Waals surface area (Å²) < 4.78 is 5.15. The Balaban J connectivity index is 2.12. The third-order valence-corrected chi connectivity index (χ3v) is 3.77. The van der Waals surface area contributed by atoms with Crippen LogP contribution in [0.15, 0.2) is 36.4 Å². The second-order valence-electron chi connectivity index (χ2n) is 4.90. The Morgan fingerprint density at radius 3 is 2.78 bits per heavy atom. The number of nitro benzene ring substituents is 1. The predicted molar refractivity (Wildman–Crippen MR) is 87.6 cm³/mol. The van der Waals surface area contributed by atoms with E-state index in [0.29, 0.717) is 22.6 Å². The third kappa shape index (κ3) is 2.76. The van der Waals surface area contributed by atoms with E-state index in [-0.39, 0.29) is 16.6 Å². The maximum absolute atomic E-state index is 12.2. The fraction of sp³-hybridized carbons (Fsp3) is 0.0625. The smallest absolute Gasteiger partial charge is 0.288 e. The maximum atomic E-state index is 12.2. The summed E-state index contributed by atoms with van der Waals surface area (Å²) in [5.41, 5.74) is 1.76. The monoisotopic (exact) mass is 330 g/mol. The van der Waals surface area contributed by atoms with E-state index in [4.69, 9.17) is 16.3 Å². The molecule has 6 nitrogen and oxygen atoms in total. The number of nitrogens with zero attached hydrogens (tertiary/aromatic N) is 1. The van der Waals surface area contributed by atoms with Gasteiger partial charge in [-0.2, -0.15) is 0 Å². The van der Waals surface area contributed by atoms with Gasteiger partial charge >= 0.3 is 0 Å². The summed E-state index contributed by atoms with van der Waals surface area (Å²) in [7, 11) is 1.55. The van der Waals surface area contributed by atoms with Gasteiger partial charge in [0.1, 0.15) is 10.8 Å². The number of methoxy groups -OCH3 is 1. The molecule has 1 aliphatic heterocycles. The van der Waals surface area contributed by atoms with E-state index >= 15 is 0 Å². The topological polar surface area (TPSA) is 81.5 Å². The van der Waals surface area contributed by atoms with Gasteiger partial charge in [-0.25, -0.2) is 0 Å². The van der Waals surface area contributed by atoms with Crippen molar-refractivity contribution in [2.75, 3.05) is 12.4 Å². The molecule has 0 radical (unpaired) electrons. The Bertz CT molecular complexity index is 861. The molecule has 0 fully saturated rings. The molecule has 1 aliphatic rings. The van der Waals surface area contributed by atoms with E-state index in [2.05, 4.69) is 5.32 Å². The number of nitrogens with one attached hydrogen (secondary N) is 1. The normalized spacial score (nSPS) is 14.5. The molecule has 0 aliphatic carbocycles. The van der Waals surface area contributed by atoms with Gasteiger partial charge in [0.25, 0.3) is 11.6 Å². The first-order chi connectivity index (χ1) is 11.0. The second-order valence-corrected chi connectivity index (χ2v) is 5.30. The van der Waals surface area contributed by atoms with E-state index in [1.165, 1.54) is 12.1 Å². The lowest BCUT2D eigenvalue weighted by Gasteiger charge is -2.03. The number of nitro groups is 1. The number of carbonyl (C=O) groups is 1. The number of rotatable bonds is 3. The minimum atomic E-state index is -0.575. The molecule has 0 spiro atoms. The number of anilines is 1. The van der Waals surface area contributed by atoms with E-state index < -0.39 is 4.92 Å². The summed E-state index contributed by atoms with van der Waals surface area (Å²) in [6.45, 7) is 0. The van der Waals surface area contributed by atoms with Crippen molar-refractivity contribution in [1.29, 1.82) is 0 Å². The summed E-state index contributed by atoms with van der Waals surface area (Å²) in [6, 6.07) is 9.85. The van der Waals surface area contributed by atoms with E-state index in [0.717, 1.165) is 5.56 Å². The van der Waals surface area contributed by atoms with Crippen LogP contribution in [0.25, 0.3) is 11.6 Å². The van der Waals surface area contributed by atoms with Crippen LogP contribution in [0.1, 0.15) is 11.1 Å². The van der Waals surface area contributed by atoms with Crippen molar-refractivity contribution in [3.63, 3.8) is 0 Å². The number of fused-ring (bicyclic) bond motifs is 1. The van der Waals surface area contributed by atoms with Crippen LogP contribution >= 0.6 is 11.6 Å². The fourth-order valence-corrected chi connectivity index (χ4v) is 2.61. The summed E-state index contributed by atoms with van der Waals surface area (Å²) in [4.78, 5) is 22.6. The average molecular weight is 331 g/mol. The molecule has 0 saturated heterocycles. The highest BCUT2D eigenvalue weighted by molar-refractivity contribution is 6.37. The quantitative estimate of drug-likeness (QED) is 0.528. The van der Waals surface area contributed by atoms with E-state index in [1.807, 2.05) is 6.07 Å². The lowest BCUT2D eigenvalue weighted by molar-refractivity contribution is -0.384. The molecule has 2 aromatic carbocycles. The van der Waals surface area contributed by atoms with Gasteiger partial charge in [0.05, 0.1) is 17.7 Å². The molecule has 0 unspecified atom stereocenters. The first-order valence-corrected chi connectivity index (χ1v) is 7.03. The molecule has 1 N–H and O–H groups in total. The zero-order chi connectivity index (χ0) is 16.6. The molecule has 0 bridgehead atoms. The van der Waals surface area contributed by atoms with Crippen LogP contribution in [-0.2, 0) is 4.79 Å². The van der Waals surface area contributed by atoms with Crippen LogP contribution in [0.5, 0.6) is 5.75 Å². The summed E-state index contributed by atoms with van der Waals surface area (Å²) in [5, 5.41) is 13.7. The van der Waals surface area contributed by atoms with Gasteiger partial charge in [0, 0.05) is 17.2 Å². The molecule has 0 saturated carbocycles. The molecular weight excluding hydrogens is 320 g/mol. The van der Waals surface area contributed by atoms with Crippen molar-refractivity contribution < 1.29 is 14.5 Å². The average Bonchev–Trinajstić information content (AvgIpc) is 2.81. The minimum Gasteiger partial charge on any atom is -0.497 e. The largest absolute Gasteiger partial charge is 0.497 e. The Morgan fingerprint density at radius 2 is 2.09 bits per heavy atom. The van der Waals surface area contributed by atoms with Crippen LogP contribution in [0.4, 0.5) is 11.4 Å². The van der Waals surface area contributed by atoms with Gasteiger partial charge in [0.15, 0.2) is 0 Å². The van der Waals surface area contributed by atoms with E-state index in [9.17, 15) is 14.9 Å². The Morgan fingerprint density at radius 1 is 1.30 bits per heavy atom. The Kier molecular flexibility index (Phi) is 3.75. The number of hydrogen-bond donors (Lipinski definition) is 1. The van der Waals surface area contributed by atoms with Crippen molar-refractivity contribution >= 4 is 40.5 Å². The molecule has 1 amide bonds. The molecule has 23 heavy (non-hydrogen) atoms. The van der Waals surface area contributed by atoms with Crippen molar-refractivity contribution in [3.05, 3.63) is 62.7 Å². The lowest BCUT2D eigenvalue weighted by atomic mass is 10.0. The predicted octanol–water partition coefficient (Wildman–Crippen LogP) is 3.75. The molecular formula is C16H11ClN2O4. The van der Waals surface area contributed by atoms with Crippen LogP contribution in [0.2, 0.25) is 5.02 Å². The first kappa shape index (κ1) is 15.1. The molecule has 0 atom stereocenters. The number of ether oxygens (including phenoxy) is 1. The van der Waals surface area contributed by atoms with Crippen molar-refractivity contribution in [3.8, 4) is 5.75 Å².